The summed E-state index contributed by atoms with van der Waals surface area (Å²) in [7, 11) is 0. The summed E-state index contributed by atoms with van der Waals surface area (Å²) in [5, 5.41) is 0. The number of carbonyl (C=O) groups excluding carboxylic acids is 1. The van der Waals surface area contributed by atoms with Gasteiger partial charge in [-0.1, -0.05) is 17.7 Å². The minimum absolute atomic E-state index is 0.0401. The van der Waals surface area contributed by atoms with Crippen LogP contribution < -0.4 is 10.6 Å². The fourth-order valence-electron chi connectivity index (χ4n) is 2.31. The molecular weight excluding hydrogens is 264 g/mol. The zero-order valence-electron chi connectivity index (χ0n) is 12.8. The van der Waals surface area contributed by atoms with Gasteiger partial charge in [0.2, 0.25) is 0 Å². The van der Waals surface area contributed by atoms with Gasteiger partial charge in [-0.3, -0.25) is 4.79 Å². The molecule has 1 aromatic carbocycles. The number of carbonyl (C=O) groups is 1. The van der Waals surface area contributed by atoms with Crippen molar-refractivity contribution >= 4 is 11.6 Å². The van der Waals surface area contributed by atoms with Gasteiger partial charge in [0, 0.05) is 12.2 Å². The van der Waals surface area contributed by atoms with E-state index in [0.29, 0.717) is 24.4 Å². The van der Waals surface area contributed by atoms with Crippen LogP contribution in [0.25, 0.3) is 0 Å². The number of furan rings is 1. The number of hydrogen-bond donors (Lipinski definition) is 1. The lowest BCUT2D eigenvalue weighted by molar-refractivity contribution is 0.0985. The molecule has 0 spiro atoms. The van der Waals surface area contributed by atoms with E-state index in [1.807, 2.05) is 45.0 Å². The van der Waals surface area contributed by atoms with Crippen molar-refractivity contribution in [2.45, 2.75) is 27.2 Å². The van der Waals surface area contributed by atoms with Crippen molar-refractivity contribution < 1.29 is 9.21 Å². The number of amides is 1. The Kier molecular flexibility index (Phi) is 4.81. The summed E-state index contributed by atoms with van der Waals surface area (Å²) in [6.07, 6.45) is 0.759. The van der Waals surface area contributed by atoms with Crippen LogP contribution in [0, 0.1) is 20.8 Å². The van der Waals surface area contributed by atoms with Crippen LogP contribution in [0.4, 0.5) is 5.69 Å². The molecule has 112 valence electrons. The fourth-order valence-corrected chi connectivity index (χ4v) is 2.31. The quantitative estimate of drug-likeness (QED) is 0.918. The van der Waals surface area contributed by atoms with Gasteiger partial charge in [-0.15, -0.1) is 0 Å². The summed E-state index contributed by atoms with van der Waals surface area (Å²) >= 11 is 0. The van der Waals surface area contributed by atoms with Gasteiger partial charge in [0.1, 0.15) is 11.5 Å². The number of aryl methyl sites for hydroxylation is 3. The van der Waals surface area contributed by atoms with Gasteiger partial charge in [-0.2, -0.15) is 0 Å². The van der Waals surface area contributed by atoms with Crippen LogP contribution in [0.2, 0.25) is 0 Å². The smallest absolute Gasteiger partial charge is 0.261 e. The summed E-state index contributed by atoms with van der Waals surface area (Å²) < 4.78 is 5.47. The Morgan fingerprint density at radius 3 is 2.38 bits per heavy atom. The van der Waals surface area contributed by atoms with Crippen molar-refractivity contribution in [3.05, 3.63) is 53.0 Å². The molecule has 1 heterocycles. The van der Waals surface area contributed by atoms with Gasteiger partial charge in [-0.05, 0) is 51.9 Å². The predicted octanol–water partition coefficient (Wildman–Crippen LogP) is 3.20. The van der Waals surface area contributed by atoms with Crippen LogP contribution in [0.5, 0.6) is 0 Å². The molecule has 0 unspecified atom stereocenters. The molecule has 0 fully saturated rings. The average Bonchev–Trinajstić information content (AvgIpc) is 2.79. The van der Waals surface area contributed by atoms with E-state index in [2.05, 4.69) is 0 Å². The lowest BCUT2D eigenvalue weighted by Crippen LogP contribution is -2.33. The molecule has 2 N–H and O–H groups in total. The van der Waals surface area contributed by atoms with E-state index in [9.17, 15) is 4.79 Å². The first-order valence-corrected chi connectivity index (χ1v) is 7.18. The van der Waals surface area contributed by atoms with E-state index in [1.54, 1.807) is 11.0 Å². The zero-order chi connectivity index (χ0) is 15.4. The Bertz CT molecular complexity index is 614. The average molecular weight is 286 g/mol. The second-order valence-electron chi connectivity index (χ2n) is 5.26. The van der Waals surface area contributed by atoms with Gasteiger partial charge in [0.05, 0.1) is 5.56 Å². The number of nitrogens with two attached hydrogens (primary N) is 1. The molecule has 0 atom stereocenters. The van der Waals surface area contributed by atoms with Gasteiger partial charge < -0.3 is 15.1 Å². The number of hydrogen-bond acceptors (Lipinski definition) is 3. The van der Waals surface area contributed by atoms with Crippen molar-refractivity contribution in [3.8, 4) is 0 Å². The first-order chi connectivity index (χ1) is 10.0. The number of benzene rings is 1. The van der Waals surface area contributed by atoms with E-state index < -0.39 is 0 Å². The predicted molar refractivity (Wildman–Crippen MR) is 84.7 cm³/mol. The Labute approximate surface area is 125 Å². The molecule has 0 aliphatic rings. The maximum absolute atomic E-state index is 12.8. The first-order valence-electron chi connectivity index (χ1n) is 7.18. The van der Waals surface area contributed by atoms with Crippen molar-refractivity contribution in [2.24, 2.45) is 5.73 Å². The highest BCUT2D eigenvalue weighted by Crippen LogP contribution is 2.22. The molecule has 4 nitrogen and oxygen atoms in total. The van der Waals surface area contributed by atoms with Crippen molar-refractivity contribution in [2.75, 3.05) is 18.0 Å². The lowest BCUT2D eigenvalue weighted by Gasteiger charge is -2.22. The summed E-state index contributed by atoms with van der Waals surface area (Å²) in [5.74, 6) is 1.36. The van der Waals surface area contributed by atoms with E-state index in [0.717, 1.165) is 17.9 Å². The van der Waals surface area contributed by atoms with Crippen LogP contribution >= 0.6 is 0 Å². The highest BCUT2D eigenvalue weighted by Gasteiger charge is 2.21. The highest BCUT2D eigenvalue weighted by molar-refractivity contribution is 6.06. The van der Waals surface area contributed by atoms with Gasteiger partial charge >= 0.3 is 0 Å². The highest BCUT2D eigenvalue weighted by atomic mass is 16.3. The fraction of sp³-hybridized carbons (Fsp3) is 0.353. The molecule has 1 amide bonds. The third-order valence-electron chi connectivity index (χ3n) is 3.45. The van der Waals surface area contributed by atoms with Gasteiger partial charge in [0.25, 0.3) is 5.91 Å². The van der Waals surface area contributed by atoms with Crippen LogP contribution in [-0.4, -0.2) is 19.0 Å². The maximum atomic E-state index is 12.8. The van der Waals surface area contributed by atoms with E-state index in [1.165, 1.54) is 5.56 Å². The topological polar surface area (TPSA) is 59.5 Å². The number of rotatable bonds is 5. The van der Waals surface area contributed by atoms with Crippen LogP contribution in [0.1, 0.15) is 33.9 Å². The molecular formula is C17H22N2O2. The Hall–Kier alpha value is -2.07. The standard InChI is InChI=1S/C17H22N2O2/c1-12-5-7-15(8-6-12)19(10-4-9-18)17(20)16-11-13(2)21-14(16)3/h5-8,11H,4,9-10,18H2,1-3H3. The van der Waals surface area contributed by atoms with Crippen LogP contribution in [0.3, 0.4) is 0 Å². The molecule has 0 radical (unpaired) electrons. The van der Waals surface area contributed by atoms with E-state index >= 15 is 0 Å². The van der Waals surface area contributed by atoms with Crippen LogP contribution in [-0.2, 0) is 0 Å². The monoisotopic (exact) mass is 286 g/mol. The van der Waals surface area contributed by atoms with Crippen LogP contribution in [0.15, 0.2) is 34.7 Å². The van der Waals surface area contributed by atoms with Crippen molar-refractivity contribution in [1.29, 1.82) is 0 Å². The third-order valence-corrected chi connectivity index (χ3v) is 3.45. The minimum atomic E-state index is -0.0401. The third kappa shape index (κ3) is 3.52. The molecule has 2 aromatic rings. The lowest BCUT2D eigenvalue weighted by atomic mass is 10.1. The Balaban J connectivity index is 2.33. The second-order valence-corrected chi connectivity index (χ2v) is 5.26. The molecule has 0 aliphatic heterocycles. The molecule has 0 aliphatic carbocycles. The van der Waals surface area contributed by atoms with Crippen molar-refractivity contribution in [1.82, 2.24) is 0 Å². The largest absolute Gasteiger partial charge is 0.466 e. The molecule has 0 saturated heterocycles. The molecule has 1 aromatic heterocycles. The van der Waals surface area contributed by atoms with Gasteiger partial charge in [0.15, 0.2) is 0 Å². The zero-order valence-corrected chi connectivity index (χ0v) is 12.8. The first kappa shape index (κ1) is 15.3. The normalized spacial score (nSPS) is 10.7. The molecule has 2 rings (SSSR count). The summed E-state index contributed by atoms with van der Waals surface area (Å²) in [6.45, 7) is 6.84. The Morgan fingerprint density at radius 1 is 1.19 bits per heavy atom. The Morgan fingerprint density at radius 2 is 1.86 bits per heavy atom. The second kappa shape index (κ2) is 6.59. The maximum Gasteiger partial charge on any atom is 0.261 e. The van der Waals surface area contributed by atoms with E-state index in [4.69, 9.17) is 10.2 Å². The number of anilines is 1. The molecule has 4 heteroatoms. The van der Waals surface area contributed by atoms with E-state index in [-0.39, 0.29) is 5.91 Å². The van der Waals surface area contributed by atoms with Crippen molar-refractivity contribution in [3.63, 3.8) is 0 Å². The summed E-state index contributed by atoms with van der Waals surface area (Å²) in [6, 6.07) is 9.73. The number of nitrogens with zero attached hydrogens (tertiary/aromatic N) is 1. The summed E-state index contributed by atoms with van der Waals surface area (Å²) in [5.41, 5.74) is 8.26. The SMILES string of the molecule is Cc1ccc(N(CCCN)C(=O)c2cc(C)oc2C)cc1. The minimum Gasteiger partial charge on any atom is -0.466 e. The summed E-state index contributed by atoms with van der Waals surface area (Å²) in [4.78, 5) is 14.6. The molecule has 0 saturated carbocycles. The molecule has 21 heavy (non-hydrogen) atoms. The van der Waals surface area contributed by atoms with Gasteiger partial charge in [-0.25, -0.2) is 0 Å². The molecule has 0 bridgehead atoms.